The number of hydrogen-bond acceptors (Lipinski definition) is 3. The Kier molecular flexibility index (Phi) is 8.19. The van der Waals surface area contributed by atoms with Crippen LogP contribution in [-0.2, 0) is 4.79 Å². The van der Waals surface area contributed by atoms with Crippen molar-refractivity contribution in [2.45, 2.75) is 24.0 Å². The Bertz CT molecular complexity index is 1290. The van der Waals surface area contributed by atoms with Gasteiger partial charge in [-0.25, -0.2) is 0 Å². The molecular formula is C29H27N3OS2. The number of hydrogen-bond donors (Lipinski definition) is 3. The van der Waals surface area contributed by atoms with Crippen LogP contribution in [0.15, 0.2) is 108 Å². The Balaban J connectivity index is 1.46. The van der Waals surface area contributed by atoms with Crippen molar-refractivity contribution in [2.75, 3.05) is 16.0 Å². The summed E-state index contributed by atoms with van der Waals surface area (Å²) in [6.07, 6.45) is 0. The molecule has 4 aromatic rings. The average molecular weight is 498 g/mol. The molecule has 1 amide bonds. The lowest BCUT2D eigenvalue weighted by Crippen LogP contribution is -2.20. The van der Waals surface area contributed by atoms with Crippen LogP contribution in [0.1, 0.15) is 21.9 Å². The summed E-state index contributed by atoms with van der Waals surface area (Å²) in [4.78, 5) is 14.4. The fraction of sp³-hybridized carbons (Fsp3) is 0.103. The highest BCUT2D eigenvalue weighted by atomic mass is 32.2. The number of para-hydroxylation sites is 1. The third-order valence-electron chi connectivity index (χ3n) is 5.60. The van der Waals surface area contributed by atoms with E-state index < -0.39 is 5.25 Å². The van der Waals surface area contributed by atoms with Crippen LogP contribution in [0.2, 0.25) is 0 Å². The number of thioether (sulfide) groups is 1. The average Bonchev–Trinajstić information content (AvgIpc) is 2.87. The topological polar surface area (TPSA) is 53.2 Å². The minimum atomic E-state index is -0.393. The first kappa shape index (κ1) is 24.5. The standard InChI is InChI=1S/C29H27N3OS2/c1-20-10-9-15-26(21(20)2)32-28(33)27(22-11-5-3-6-12-22)35-25-18-16-24(17-19-25)31-29(34)30-23-13-7-4-8-14-23/h3-19,27H,1-2H3,(H,32,33)(H2,30,31,34). The second-order valence-corrected chi connectivity index (χ2v) is 9.70. The minimum absolute atomic E-state index is 0.0506. The van der Waals surface area contributed by atoms with Crippen LogP contribution < -0.4 is 16.0 Å². The lowest BCUT2D eigenvalue weighted by molar-refractivity contribution is -0.115. The predicted molar refractivity (Wildman–Crippen MR) is 152 cm³/mol. The third kappa shape index (κ3) is 6.72. The highest BCUT2D eigenvalue weighted by molar-refractivity contribution is 8.00. The molecule has 6 heteroatoms. The second kappa shape index (κ2) is 11.7. The van der Waals surface area contributed by atoms with E-state index in [4.69, 9.17) is 12.2 Å². The number of benzene rings is 4. The van der Waals surface area contributed by atoms with Crippen molar-refractivity contribution >= 4 is 52.1 Å². The number of anilines is 3. The fourth-order valence-corrected chi connectivity index (χ4v) is 4.81. The lowest BCUT2D eigenvalue weighted by atomic mass is 10.1. The smallest absolute Gasteiger partial charge is 0.242 e. The number of amides is 1. The molecule has 0 spiro atoms. The Morgan fingerprint density at radius 3 is 1.97 bits per heavy atom. The van der Waals surface area contributed by atoms with E-state index in [0.29, 0.717) is 5.11 Å². The number of aryl methyl sites for hydroxylation is 1. The lowest BCUT2D eigenvalue weighted by Gasteiger charge is -2.19. The molecule has 0 radical (unpaired) electrons. The summed E-state index contributed by atoms with van der Waals surface area (Å²) in [6.45, 7) is 4.07. The molecule has 4 nitrogen and oxygen atoms in total. The Hall–Kier alpha value is -3.61. The van der Waals surface area contributed by atoms with Gasteiger partial charge in [0, 0.05) is 22.0 Å². The summed E-state index contributed by atoms with van der Waals surface area (Å²) in [6, 6.07) is 33.5. The van der Waals surface area contributed by atoms with Crippen LogP contribution in [0.3, 0.4) is 0 Å². The highest BCUT2D eigenvalue weighted by Gasteiger charge is 2.23. The number of carbonyl (C=O) groups excluding carboxylic acids is 1. The van der Waals surface area contributed by atoms with Gasteiger partial charge < -0.3 is 16.0 Å². The van der Waals surface area contributed by atoms with E-state index in [2.05, 4.69) is 16.0 Å². The van der Waals surface area contributed by atoms with Crippen LogP contribution in [0.4, 0.5) is 17.1 Å². The van der Waals surface area contributed by atoms with E-state index >= 15 is 0 Å². The van der Waals surface area contributed by atoms with Gasteiger partial charge in [-0.15, -0.1) is 11.8 Å². The Morgan fingerprint density at radius 1 is 0.714 bits per heavy atom. The zero-order chi connectivity index (χ0) is 24.6. The van der Waals surface area contributed by atoms with Crippen molar-refractivity contribution in [1.29, 1.82) is 0 Å². The van der Waals surface area contributed by atoms with Gasteiger partial charge in [-0.2, -0.15) is 0 Å². The Labute approximate surface area is 216 Å². The molecule has 4 rings (SSSR count). The van der Waals surface area contributed by atoms with Crippen molar-refractivity contribution in [3.05, 3.63) is 120 Å². The molecule has 3 N–H and O–H groups in total. The number of nitrogens with one attached hydrogen (secondary N) is 3. The summed E-state index contributed by atoms with van der Waals surface area (Å²) in [5, 5.41) is 9.63. The van der Waals surface area contributed by atoms with E-state index in [1.807, 2.05) is 117 Å². The van der Waals surface area contributed by atoms with Crippen LogP contribution in [-0.4, -0.2) is 11.0 Å². The molecule has 35 heavy (non-hydrogen) atoms. The largest absolute Gasteiger partial charge is 0.332 e. The highest BCUT2D eigenvalue weighted by Crippen LogP contribution is 2.37. The van der Waals surface area contributed by atoms with E-state index in [0.717, 1.165) is 38.6 Å². The molecule has 0 saturated carbocycles. The maximum Gasteiger partial charge on any atom is 0.242 e. The first-order valence-corrected chi connectivity index (χ1v) is 12.6. The second-order valence-electron chi connectivity index (χ2n) is 8.11. The number of thiocarbonyl (C=S) groups is 1. The fourth-order valence-electron chi connectivity index (χ4n) is 3.55. The SMILES string of the molecule is Cc1cccc(NC(=O)C(Sc2ccc(NC(=S)Nc3ccccc3)cc2)c2ccccc2)c1C. The van der Waals surface area contributed by atoms with Crippen molar-refractivity contribution in [1.82, 2.24) is 0 Å². The van der Waals surface area contributed by atoms with Crippen LogP contribution in [0.5, 0.6) is 0 Å². The molecule has 0 aromatic heterocycles. The summed E-state index contributed by atoms with van der Waals surface area (Å²) in [7, 11) is 0. The van der Waals surface area contributed by atoms with Gasteiger partial charge in [-0.1, -0.05) is 60.7 Å². The van der Waals surface area contributed by atoms with Crippen molar-refractivity contribution < 1.29 is 4.79 Å². The van der Waals surface area contributed by atoms with Crippen molar-refractivity contribution in [3.8, 4) is 0 Å². The molecule has 1 unspecified atom stereocenters. The molecule has 0 aliphatic rings. The third-order valence-corrected chi connectivity index (χ3v) is 7.07. The van der Waals surface area contributed by atoms with Gasteiger partial charge in [-0.05, 0) is 85.2 Å². The van der Waals surface area contributed by atoms with Gasteiger partial charge in [0.15, 0.2) is 5.11 Å². The molecular weight excluding hydrogens is 470 g/mol. The molecule has 4 aromatic carbocycles. The quantitative estimate of drug-likeness (QED) is 0.181. The molecule has 0 aliphatic carbocycles. The molecule has 0 fully saturated rings. The van der Waals surface area contributed by atoms with Gasteiger partial charge in [0.05, 0.1) is 0 Å². The van der Waals surface area contributed by atoms with Crippen LogP contribution in [0.25, 0.3) is 0 Å². The van der Waals surface area contributed by atoms with Gasteiger partial charge in [0.25, 0.3) is 0 Å². The van der Waals surface area contributed by atoms with Gasteiger partial charge in [-0.3, -0.25) is 4.79 Å². The van der Waals surface area contributed by atoms with Crippen molar-refractivity contribution in [3.63, 3.8) is 0 Å². The zero-order valence-electron chi connectivity index (χ0n) is 19.6. The number of rotatable bonds is 7. The molecule has 1 atom stereocenters. The number of carbonyl (C=O) groups is 1. The van der Waals surface area contributed by atoms with Gasteiger partial charge in [0.2, 0.25) is 5.91 Å². The van der Waals surface area contributed by atoms with Crippen molar-refractivity contribution in [2.24, 2.45) is 0 Å². The molecule has 0 saturated heterocycles. The van der Waals surface area contributed by atoms with Gasteiger partial charge in [0.1, 0.15) is 5.25 Å². The van der Waals surface area contributed by atoms with E-state index in [9.17, 15) is 4.79 Å². The minimum Gasteiger partial charge on any atom is -0.332 e. The summed E-state index contributed by atoms with van der Waals surface area (Å²) >= 11 is 6.94. The van der Waals surface area contributed by atoms with Crippen LogP contribution in [0, 0.1) is 13.8 Å². The predicted octanol–water partition coefficient (Wildman–Crippen LogP) is 7.58. The Morgan fingerprint density at radius 2 is 1.31 bits per heavy atom. The van der Waals surface area contributed by atoms with E-state index in [-0.39, 0.29) is 5.91 Å². The maximum absolute atomic E-state index is 13.4. The summed E-state index contributed by atoms with van der Waals surface area (Å²) < 4.78 is 0. The first-order chi connectivity index (χ1) is 17.0. The van der Waals surface area contributed by atoms with Gasteiger partial charge >= 0.3 is 0 Å². The van der Waals surface area contributed by atoms with Crippen LogP contribution >= 0.6 is 24.0 Å². The first-order valence-electron chi connectivity index (χ1n) is 11.3. The molecule has 0 bridgehead atoms. The van der Waals surface area contributed by atoms with E-state index in [1.165, 1.54) is 11.8 Å². The normalized spacial score (nSPS) is 11.4. The monoisotopic (exact) mass is 497 g/mol. The molecule has 176 valence electrons. The summed E-state index contributed by atoms with van der Waals surface area (Å²) in [5.74, 6) is -0.0506. The zero-order valence-corrected chi connectivity index (χ0v) is 21.3. The molecule has 0 aliphatic heterocycles. The summed E-state index contributed by atoms with van der Waals surface area (Å²) in [5.41, 5.74) is 5.82. The van der Waals surface area contributed by atoms with E-state index in [1.54, 1.807) is 0 Å². The molecule has 0 heterocycles. The maximum atomic E-state index is 13.4.